The van der Waals surface area contributed by atoms with Gasteiger partial charge in [0, 0.05) is 12.7 Å². The third kappa shape index (κ3) is 3.46. The zero-order valence-corrected chi connectivity index (χ0v) is 9.01. The second-order valence-corrected chi connectivity index (χ2v) is 3.02. The van der Waals surface area contributed by atoms with E-state index in [1.807, 2.05) is 37.3 Å². The second-order valence-electron chi connectivity index (χ2n) is 3.02. The Hall–Kier alpha value is -1.77. The molecule has 1 aromatic carbocycles. The molecule has 0 N–H and O–H groups in total. The molecule has 0 radical (unpaired) electrons. The highest BCUT2D eigenvalue weighted by Crippen LogP contribution is 2.12. The first-order valence-electron chi connectivity index (χ1n) is 4.83. The zero-order valence-electron chi connectivity index (χ0n) is 9.01. The van der Waals surface area contributed by atoms with Gasteiger partial charge in [0.2, 0.25) is 6.41 Å². The quantitative estimate of drug-likeness (QED) is 0.689. The van der Waals surface area contributed by atoms with E-state index in [4.69, 9.17) is 4.74 Å². The minimum Gasteiger partial charge on any atom is -0.497 e. The molecule has 3 heteroatoms. The summed E-state index contributed by atoms with van der Waals surface area (Å²) in [5.41, 5.74) is 1.04. The molecule has 0 aliphatic rings. The molecule has 0 saturated heterocycles. The number of benzene rings is 1. The normalized spacial score (nSPS) is 10.3. The smallest absolute Gasteiger partial charge is 0.213 e. The van der Waals surface area contributed by atoms with Gasteiger partial charge in [-0.25, -0.2) is 0 Å². The first-order chi connectivity index (χ1) is 7.30. The van der Waals surface area contributed by atoms with E-state index in [9.17, 15) is 4.79 Å². The number of carbonyl (C=O) groups excluding carboxylic acids is 1. The van der Waals surface area contributed by atoms with Crippen molar-refractivity contribution in [3.05, 3.63) is 36.0 Å². The van der Waals surface area contributed by atoms with Gasteiger partial charge in [0.1, 0.15) is 5.75 Å². The van der Waals surface area contributed by atoms with Gasteiger partial charge in [0.05, 0.1) is 7.11 Å². The molecular weight excluding hydrogens is 190 g/mol. The third-order valence-corrected chi connectivity index (χ3v) is 2.07. The summed E-state index contributed by atoms with van der Waals surface area (Å²) >= 11 is 0. The minimum atomic E-state index is 0.677. The van der Waals surface area contributed by atoms with Gasteiger partial charge in [-0.05, 0) is 30.7 Å². The van der Waals surface area contributed by atoms with Crippen LogP contribution in [0, 0.1) is 0 Å². The fourth-order valence-corrected chi connectivity index (χ4v) is 1.11. The molecular formula is C12H15NO2. The van der Waals surface area contributed by atoms with Crippen LogP contribution < -0.4 is 4.74 Å². The van der Waals surface area contributed by atoms with Crippen LogP contribution in [-0.4, -0.2) is 25.0 Å². The number of rotatable bonds is 5. The number of methoxy groups -OCH3 is 1. The minimum absolute atomic E-state index is 0.677. The summed E-state index contributed by atoms with van der Waals surface area (Å²) in [5, 5.41) is 0. The topological polar surface area (TPSA) is 29.5 Å². The Morgan fingerprint density at radius 1 is 1.33 bits per heavy atom. The molecule has 1 aromatic rings. The molecule has 0 atom stereocenters. The molecule has 0 aromatic heterocycles. The van der Waals surface area contributed by atoms with E-state index >= 15 is 0 Å². The molecule has 0 aliphatic carbocycles. The summed E-state index contributed by atoms with van der Waals surface area (Å²) in [5.74, 6) is 0.829. The molecule has 3 nitrogen and oxygen atoms in total. The molecule has 1 amide bonds. The lowest BCUT2D eigenvalue weighted by molar-refractivity contribution is -0.115. The Morgan fingerprint density at radius 3 is 2.47 bits per heavy atom. The predicted octanol–water partition coefficient (Wildman–Crippen LogP) is 2.14. The van der Waals surface area contributed by atoms with Crippen LogP contribution in [0.15, 0.2) is 30.5 Å². The average molecular weight is 205 g/mol. The average Bonchev–Trinajstić information content (AvgIpc) is 2.31. The van der Waals surface area contributed by atoms with Crippen LogP contribution >= 0.6 is 0 Å². The lowest BCUT2D eigenvalue weighted by Gasteiger charge is -2.07. The van der Waals surface area contributed by atoms with Crippen LogP contribution in [0.4, 0.5) is 0 Å². The highest BCUT2D eigenvalue weighted by atomic mass is 16.5. The maximum Gasteiger partial charge on any atom is 0.213 e. The number of carbonyl (C=O) groups is 1. The third-order valence-electron chi connectivity index (χ3n) is 2.07. The highest BCUT2D eigenvalue weighted by molar-refractivity contribution is 5.56. The summed E-state index contributed by atoms with van der Waals surface area (Å²) in [4.78, 5) is 12.1. The van der Waals surface area contributed by atoms with Crippen LogP contribution in [0.5, 0.6) is 5.75 Å². The summed E-state index contributed by atoms with van der Waals surface area (Å²) in [6.45, 7) is 2.60. The molecule has 0 saturated carbocycles. The zero-order chi connectivity index (χ0) is 11.1. The molecule has 80 valence electrons. The van der Waals surface area contributed by atoms with Crippen LogP contribution in [-0.2, 0) is 4.79 Å². The highest BCUT2D eigenvalue weighted by Gasteiger charge is 1.92. The lowest BCUT2D eigenvalue weighted by Crippen LogP contribution is -2.12. The molecule has 1 rings (SSSR count). The second kappa shape index (κ2) is 5.86. The van der Waals surface area contributed by atoms with Gasteiger partial charge in [-0.15, -0.1) is 0 Å². The first kappa shape index (κ1) is 11.3. The van der Waals surface area contributed by atoms with Crippen molar-refractivity contribution in [1.82, 2.24) is 4.90 Å². The fraction of sp³-hybridized carbons (Fsp3) is 0.250. The Kier molecular flexibility index (Phi) is 4.41. The number of hydrogen-bond donors (Lipinski definition) is 0. The predicted molar refractivity (Wildman–Crippen MR) is 60.5 cm³/mol. The Bertz CT molecular complexity index is 330. The molecule has 0 bridgehead atoms. The largest absolute Gasteiger partial charge is 0.497 e. The van der Waals surface area contributed by atoms with Crippen LogP contribution in [0.3, 0.4) is 0 Å². The van der Waals surface area contributed by atoms with Crippen molar-refractivity contribution in [3.8, 4) is 5.75 Å². The van der Waals surface area contributed by atoms with Crippen molar-refractivity contribution in [2.24, 2.45) is 0 Å². The van der Waals surface area contributed by atoms with E-state index in [1.165, 1.54) is 0 Å². The SMILES string of the molecule is CCN(C=O)C=Cc1ccc(OC)cc1. The summed E-state index contributed by atoms with van der Waals surface area (Å²) in [7, 11) is 1.63. The Labute approximate surface area is 90.0 Å². The van der Waals surface area contributed by atoms with Gasteiger partial charge in [-0.3, -0.25) is 4.79 Å². The van der Waals surface area contributed by atoms with Gasteiger partial charge in [0.15, 0.2) is 0 Å². The standard InChI is InChI=1S/C12H15NO2/c1-3-13(10-14)9-8-11-4-6-12(15-2)7-5-11/h4-10H,3H2,1-2H3. The Morgan fingerprint density at radius 2 is 2.00 bits per heavy atom. The molecule has 0 spiro atoms. The molecule has 0 fully saturated rings. The van der Waals surface area contributed by atoms with Gasteiger partial charge >= 0.3 is 0 Å². The van der Waals surface area contributed by atoms with Crippen molar-refractivity contribution in [1.29, 1.82) is 0 Å². The fourth-order valence-electron chi connectivity index (χ4n) is 1.11. The van der Waals surface area contributed by atoms with Crippen LogP contribution in [0.1, 0.15) is 12.5 Å². The van der Waals surface area contributed by atoms with Gasteiger partial charge in [-0.2, -0.15) is 0 Å². The van der Waals surface area contributed by atoms with E-state index in [2.05, 4.69) is 0 Å². The molecule has 0 aliphatic heterocycles. The molecule has 15 heavy (non-hydrogen) atoms. The Balaban J connectivity index is 2.67. The molecule has 0 heterocycles. The van der Waals surface area contributed by atoms with Gasteiger partial charge in [0.25, 0.3) is 0 Å². The first-order valence-corrected chi connectivity index (χ1v) is 4.83. The number of ether oxygens (including phenoxy) is 1. The van der Waals surface area contributed by atoms with E-state index in [0.717, 1.165) is 17.7 Å². The number of nitrogens with zero attached hydrogens (tertiary/aromatic N) is 1. The van der Waals surface area contributed by atoms with E-state index in [-0.39, 0.29) is 0 Å². The lowest BCUT2D eigenvalue weighted by atomic mass is 10.2. The number of hydrogen-bond acceptors (Lipinski definition) is 2. The van der Waals surface area contributed by atoms with Crippen molar-refractivity contribution < 1.29 is 9.53 Å². The van der Waals surface area contributed by atoms with Crippen molar-refractivity contribution in [2.75, 3.05) is 13.7 Å². The van der Waals surface area contributed by atoms with E-state index in [0.29, 0.717) is 6.54 Å². The van der Waals surface area contributed by atoms with Gasteiger partial charge < -0.3 is 9.64 Å². The van der Waals surface area contributed by atoms with Gasteiger partial charge in [-0.1, -0.05) is 12.1 Å². The van der Waals surface area contributed by atoms with Crippen LogP contribution in [0.2, 0.25) is 0 Å². The number of amides is 1. The molecule has 0 unspecified atom stereocenters. The maximum absolute atomic E-state index is 10.5. The van der Waals surface area contributed by atoms with Crippen molar-refractivity contribution in [2.45, 2.75) is 6.92 Å². The summed E-state index contributed by atoms with van der Waals surface area (Å²) < 4.78 is 5.05. The summed E-state index contributed by atoms with van der Waals surface area (Å²) in [6, 6.07) is 7.65. The summed E-state index contributed by atoms with van der Waals surface area (Å²) in [6.07, 6.45) is 4.45. The monoisotopic (exact) mass is 205 g/mol. The van der Waals surface area contributed by atoms with Crippen molar-refractivity contribution >= 4 is 12.5 Å². The van der Waals surface area contributed by atoms with E-state index in [1.54, 1.807) is 18.2 Å². The van der Waals surface area contributed by atoms with E-state index < -0.39 is 0 Å². The van der Waals surface area contributed by atoms with Crippen LogP contribution in [0.25, 0.3) is 6.08 Å². The van der Waals surface area contributed by atoms with Crippen molar-refractivity contribution in [3.63, 3.8) is 0 Å². The maximum atomic E-state index is 10.5.